The smallest absolute Gasteiger partial charge is 0.468 e. The summed E-state index contributed by atoms with van der Waals surface area (Å²) in [6, 6.07) is 7.24. The van der Waals surface area contributed by atoms with E-state index in [2.05, 4.69) is 20.0 Å². The summed E-state index contributed by atoms with van der Waals surface area (Å²) in [5.41, 5.74) is 6.59. The summed E-state index contributed by atoms with van der Waals surface area (Å²) >= 11 is 0. The number of nitrogens with zero attached hydrogens (tertiary/aromatic N) is 4. The summed E-state index contributed by atoms with van der Waals surface area (Å²) in [6.07, 6.45) is -2.90. The number of hydrogen-bond acceptors (Lipinski definition) is 13. The Morgan fingerprint density at radius 3 is 2.63 bits per heavy atom. The van der Waals surface area contributed by atoms with E-state index in [-0.39, 0.29) is 11.6 Å². The normalized spacial score (nSPS) is 25.6. The van der Waals surface area contributed by atoms with Crippen molar-refractivity contribution >= 4 is 36.9 Å². The van der Waals surface area contributed by atoms with Crippen LogP contribution in [0.25, 0.3) is 11.2 Å². The summed E-state index contributed by atoms with van der Waals surface area (Å²) in [7, 11) is -3.02. The second kappa shape index (κ2) is 10.2. The van der Waals surface area contributed by atoms with E-state index in [0.717, 1.165) is 0 Å². The first-order valence-corrected chi connectivity index (χ1v) is 13.1. The van der Waals surface area contributed by atoms with Crippen LogP contribution in [0, 0.1) is 0 Å². The highest BCUT2D eigenvalue weighted by Gasteiger charge is 2.58. The quantitative estimate of drug-likeness (QED) is 0.291. The number of nitrogens with two attached hydrogens (primary N) is 1. The molecule has 15 nitrogen and oxygen atoms in total. The van der Waals surface area contributed by atoms with E-state index in [4.69, 9.17) is 33.7 Å². The molecule has 7 atom stereocenters. The topological polar surface area (TPSA) is 188 Å². The van der Waals surface area contributed by atoms with E-state index in [0.29, 0.717) is 11.2 Å². The van der Waals surface area contributed by atoms with Crippen LogP contribution in [0.5, 0.6) is 5.75 Å². The van der Waals surface area contributed by atoms with Gasteiger partial charge in [-0.05, 0) is 26.0 Å². The molecule has 202 valence electrons. The number of carbonyl (C=O) groups excluding carboxylic acids is 2. The second-order valence-electron chi connectivity index (χ2n) is 8.58. The van der Waals surface area contributed by atoms with Crippen molar-refractivity contribution < 1.29 is 42.1 Å². The zero-order chi connectivity index (χ0) is 27.0. The standard InChI is InChI=1S/C22H25N6O9P/c1-11(21(29)32-3)27-38(31,37-13-7-5-4-6-8-13)36-12(2)15-16-17(35-22(30)34-16)20(33-15)28-10-26-14-18(23)24-9-25-19(14)28/h4-12,15-17,20H,1-3H3,(H,27,31)(H2,23,24,25)/t11?,12?,15-,16?,17?,20-,38?/m1/s1. The van der Waals surface area contributed by atoms with Gasteiger partial charge >= 0.3 is 19.9 Å². The molecule has 3 aromatic rings. The van der Waals surface area contributed by atoms with E-state index in [1.54, 1.807) is 37.3 Å². The number of esters is 1. The minimum atomic E-state index is -4.22. The Balaban J connectivity index is 1.42. The third-order valence-corrected chi connectivity index (χ3v) is 7.76. The maximum absolute atomic E-state index is 13.9. The van der Waals surface area contributed by atoms with Gasteiger partial charge in [0.05, 0.1) is 19.5 Å². The summed E-state index contributed by atoms with van der Waals surface area (Å²) in [6.45, 7) is 3.01. The molecule has 0 amide bonds. The SMILES string of the molecule is COC(=O)C(C)NP(=O)(Oc1ccccc1)OC(C)[C@H]1O[C@@H](n2cnc3c(N)ncnc32)C2OC(=O)OC21. The molecule has 4 heterocycles. The Hall–Kier alpha value is -3.78. The molecule has 2 aromatic heterocycles. The number of nitrogens with one attached hydrogen (secondary N) is 1. The van der Waals surface area contributed by atoms with Crippen LogP contribution in [-0.2, 0) is 32.8 Å². The van der Waals surface area contributed by atoms with Crippen LogP contribution in [0.4, 0.5) is 10.6 Å². The number of hydrogen-bond donors (Lipinski definition) is 2. The first kappa shape index (κ1) is 25.9. The van der Waals surface area contributed by atoms with Gasteiger partial charge in [0.2, 0.25) is 0 Å². The number of anilines is 1. The lowest BCUT2D eigenvalue weighted by molar-refractivity contribution is -0.142. The number of carbonyl (C=O) groups is 2. The fraction of sp³-hybridized carbons (Fsp3) is 0.409. The molecule has 0 bridgehead atoms. The molecule has 0 radical (unpaired) electrons. The average molecular weight is 548 g/mol. The van der Waals surface area contributed by atoms with Gasteiger partial charge in [-0.15, -0.1) is 0 Å². The van der Waals surface area contributed by atoms with Crippen LogP contribution in [0.15, 0.2) is 43.0 Å². The molecule has 3 N–H and O–H groups in total. The molecule has 16 heteroatoms. The molecule has 2 aliphatic heterocycles. The van der Waals surface area contributed by atoms with Crippen molar-refractivity contribution in [2.24, 2.45) is 0 Å². The Kier molecular flexibility index (Phi) is 6.92. The summed E-state index contributed by atoms with van der Waals surface area (Å²) < 4.78 is 48.6. The number of nitrogen functional groups attached to an aromatic ring is 1. The number of benzene rings is 1. The van der Waals surface area contributed by atoms with Gasteiger partial charge in [-0.25, -0.2) is 24.3 Å². The van der Waals surface area contributed by atoms with Crippen LogP contribution in [0.2, 0.25) is 0 Å². The Bertz CT molecular complexity index is 1390. The van der Waals surface area contributed by atoms with Gasteiger partial charge in [-0.1, -0.05) is 18.2 Å². The zero-order valence-electron chi connectivity index (χ0n) is 20.5. The monoisotopic (exact) mass is 548 g/mol. The fourth-order valence-electron chi connectivity index (χ4n) is 4.28. The van der Waals surface area contributed by atoms with E-state index in [1.165, 1.54) is 31.3 Å². The summed E-state index contributed by atoms with van der Waals surface area (Å²) in [5.74, 6) is -0.281. The van der Waals surface area contributed by atoms with Crippen molar-refractivity contribution in [3.8, 4) is 5.75 Å². The van der Waals surface area contributed by atoms with Crippen molar-refractivity contribution in [3.05, 3.63) is 43.0 Å². The number of aromatic nitrogens is 4. The second-order valence-corrected chi connectivity index (χ2v) is 10.2. The molecule has 1 aromatic carbocycles. The third kappa shape index (κ3) is 4.88. The Labute approximate surface area is 216 Å². The predicted octanol–water partition coefficient (Wildman–Crippen LogP) is 1.95. The van der Waals surface area contributed by atoms with Gasteiger partial charge in [0.15, 0.2) is 29.9 Å². The van der Waals surface area contributed by atoms with Crippen LogP contribution < -0.4 is 15.3 Å². The number of methoxy groups -OCH3 is 1. The number of para-hydroxylation sites is 1. The first-order valence-electron chi connectivity index (χ1n) is 11.5. The van der Waals surface area contributed by atoms with E-state index in [1.807, 2.05) is 0 Å². The lowest BCUT2D eigenvalue weighted by atomic mass is 10.1. The van der Waals surface area contributed by atoms with Crippen LogP contribution in [0.1, 0.15) is 20.1 Å². The molecule has 0 saturated carbocycles. The van der Waals surface area contributed by atoms with Crippen molar-refractivity contribution in [3.63, 3.8) is 0 Å². The maximum Gasteiger partial charge on any atom is 0.509 e. The van der Waals surface area contributed by atoms with Crippen LogP contribution in [0.3, 0.4) is 0 Å². The molecule has 5 rings (SSSR count). The Morgan fingerprint density at radius 2 is 1.89 bits per heavy atom. The van der Waals surface area contributed by atoms with E-state index in [9.17, 15) is 14.2 Å². The molecule has 2 aliphatic rings. The van der Waals surface area contributed by atoms with Crippen molar-refractivity contribution in [1.29, 1.82) is 0 Å². The highest BCUT2D eigenvalue weighted by Crippen LogP contribution is 2.49. The first-order chi connectivity index (χ1) is 18.2. The van der Waals surface area contributed by atoms with Gasteiger partial charge in [0, 0.05) is 0 Å². The maximum atomic E-state index is 13.9. The molecular formula is C22H25N6O9P. The summed E-state index contributed by atoms with van der Waals surface area (Å²) in [5, 5.41) is 2.58. The minimum Gasteiger partial charge on any atom is -0.468 e. The molecule has 2 fully saturated rings. The van der Waals surface area contributed by atoms with E-state index < -0.39 is 56.6 Å². The molecule has 0 spiro atoms. The van der Waals surface area contributed by atoms with Crippen LogP contribution >= 0.6 is 7.75 Å². The number of fused-ring (bicyclic) bond motifs is 2. The largest absolute Gasteiger partial charge is 0.509 e. The van der Waals surface area contributed by atoms with Gasteiger partial charge in [0.1, 0.15) is 29.7 Å². The van der Waals surface area contributed by atoms with Crippen molar-refractivity contribution in [2.75, 3.05) is 12.8 Å². The number of rotatable bonds is 9. The fourth-order valence-corrected chi connectivity index (χ4v) is 5.97. The molecule has 38 heavy (non-hydrogen) atoms. The molecule has 2 saturated heterocycles. The number of ether oxygens (including phenoxy) is 4. The zero-order valence-corrected chi connectivity index (χ0v) is 21.4. The predicted molar refractivity (Wildman–Crippen MR) is 129 cm³/mol. The number of imidazole rings is 1. The van der Waals surface area contributed by atoms with Gasteiger partial charge in [-0.2, -0.15) is 5.09 Å². The minimum absolute atomic E-state index is 0.168. The van der Waals surface area contributed by atoms with Crippen molar-refractivity contribution in [2.45, 2.75) is 50.5 Å². The summed E-state index contributed by atoms with van der Waals surface area (Å²) in [4.78, 5) is 36.5. The third-order valence-electron chi connectivity index (χ3n) is 5.99. The van der Waals surface area contributed by atoms with Crippen LogP contribution in [-0.4, -0.2) is 69.2 Å². The Morgan fingerprint density at radius 1 is 1.16 bits per heavy atom. The lowest BCUT2D eigenvalue weighted by Gasteiger charge is -2.28. The molecular weight excluding hydrogens is 523 g/mol. The van der Waals surface area contributed by atoms with Gasteiger partial charge < -0.3 is 29.2 Å². The van der Waals surface area contributed by atoms with Gasteiger partial charge in [0.25, 0.3) is 0 Å². The van der Waals surface area contributed by atoms with Gasteiger partial charge in [-0.3, -0.25) is 13.9 Å². The molecule has 5 unspecified atom stereocenters. The molecule has 0 aliphatic carbocycles. The average Bonchev–Trinajstić information content (AvgIpc) is 3.57. The van der Waals surface area contributed by atoms with Crippen molar-refractivity contribution in [1.82, 2.24) is 24.6 Å². The lowest BCUT2D eigenvalue weighted by Crippen LogP contribution is -2.40. The highest BCUT2D eigenvalue weighted by atomic mass is 31.2. The van der Waals surface area contributed by atoms with E-state index >= 15 is 0 Å². The highest BCUT2D eigenvalue weighted by molar-refractivity contribution is 7.52.